The zero-order valence-corrected chi connectivity index (χ0v) is 19.5. The van der Waals surface area contributed by atoms with Crippen molar-refractivity contribution >= 4 is 40.1 Å². The third-order valence-electron chi connectivity index (χ3n) is 5.66. The molecule has 1 fully saturated rings. The molecule has 1 aliphatic heterocycles. The van der Waals surface area contributed by atoms with Gasteiger partial charge in [0.15, 0.2) is 6.61 Å². The average molecular weight is 456 g/mol. The average Bonchev–Trinajstić information content (AvgIpc) is 3.33. The van der Waals surface area contributed by atoms with E-state index in [1.54, 1.807) is 17.9 Å². The van der Waals surface area contributed by atoms with Crippen molar-refractivity contribution in [2.75, 3.05) is 6.61 Å². The molecule has 0 spiro atoms. The Labute approximate surface area is 189 Å². The van der Waals surface area contributed by atoms with Gasteiger partial charge in [0.1, 0.15) is 5.78 Å². The highest BCUT2D eigenvalue weighted by Gasteiger charge is 2.47. The van der Waals surface area contributed by atoms with Gasteiger partial charge in [0, 0.05) is 23.9 Å². The molecule has 1 saturated heterocycles. The standard InChI is InChI=1S/C23H25N3O5S/c1-13-19-15(9-16(17-7-6-8-32-17)24-20(19)31-25-13)21(29)30-12-18(28)26-22(2,3)10-14(27)11-23(26,4)5/h6-9H,10-12H2,1-5H3. The predicted molar refractivity (Wildman–Crippen MR) is 119 cm³/mol. The number of carbonyl (C=O) groups excluding carboxylic acids is 3. The maximum Gasteiger partial charge on any atom is 0.339 e. The van der Waals surface area contributed by atoms with E-state index in [-0.39, 0.29) is 35.8 Å². The second-order valence-corrected chi connectivity index (χ2v) is 10.3. The number of hydrogen-bond donors (Lipinski definition) is 0. The topological polar surface area (TPSA) is 103 Å². The van der Waals surface area contributed by atoms with Crippen LogP contribution < -0.4 is 0 Å². The lowest BCUT2D eigenvalue weighted by Gasteiger charge is -2.51. The van der Waals surface area contributed by atoms with Gasteiger partial charge < -0.3 is 14.2 Å². The molecule has 3 aromatic rings. The molecule has 0 saturated carbocycles. The fraction of sp³-hybridized carbons (Fsp3) is 0.435. The molecule has 0 aromatic carbocycles. The summed E-state index contributed by atoms with van der Waals surface area (Å²) in [5.41, 5.74) is 0.243. The number of fused-ring (bicyclic) bond motifs is 1. The summed E-state index contributed by atoms with van der Waals surface area (Å²) < 4.78 is 10.7. The Hall–Kier alpha value is -3.07. The Morgan fingerprint density at radius 3 is 2.53 bits per heavy atom. The van der Waals surface area contributed by atoms with Gasteiger partial charge in [-0.2, -0.15) is 0 Å². The molecule has 32 heavy (non-hydrogen) atoms. The molecule has 4 rings (SSSR count). The second kappa shape index (κ2) is 7.81. The van der Waals surface area contributed by atoms with Crippen LogP contribution in [0.2, 0.25) is 0 Å². The van der Waals surface area contributed by atoms with Crippen molar-refractivity contribution in [1.29, 1.82) is 0 Å². The van der Waals surface area contributed by atoms with Gasteiger partial charge in [0.05, 0.1) is 27.2 Å². The van der Waals surface area contributed by atoms with Crippen LogP contribution in [0.4, 0.5) is 0 Å². The predicted octanol–water partition coefficient (Wildman–Crippen LogP) is 4.17. The summed E-state index contributed by atoms with van der Waals surface area (Å²) in [6.45, 7) is 8.70. The van der Waals surface area contributed by atoms with E-state index in [0.717, 1.165) is 4.88 Å². The number of esters is 1. The first-order chi connectivity index (χ1) is 15.0. The number of carbonyl (C=O) groups is 3. The van der Waals surface area contributed by atoms with Gasteiger partial charge in [-0.1, -0.05) is 11.2 Å². The quantitative estimate of drug-likeness (QED) is 0.544. The molecule has 0 atom stereocenters. The zero-order valence-electron chi connectivity index (χ0n) is 18.7. The van der Waals surface area contributed by atoms with E-state index in [1.165, 1.54) is 11.3 Å². The van der Waals surface area contributed by atoms with Gasteiger partial charge in [-0.15, -0.1) is 11.3 Å². The SMILES string of the molecule is Cc1noc2nc(-c3cccs3)cc(C(=O)OCC(=O)N3C(C)(C)CC(=O)CC3(C)C)c12. The lowest BCUT2D eigenvalue weighted by Crippen LogP contribution is -2.63. The Morgan fingerprint density at radius 2 is 1.91 bits per heavy atom. The third kappa shape index (κ3) is 3.92. The first kappa shape index (κ1) is 22.1. The number of aromatic nitrogens is 2. The summed E-state index contributed by atoms with van der Waals surface area (Å²) >= 11 is 1.48. The number of thiophene rings is 1. The van der Waals surface area contributed by atoms with Crippen molar-refractivity contribution in [2.24, 2.45) is 0 Å². The highest BCUT2D eigenvalue weighted by atomic mass is 32.1. The molecule has 1 amide bonds. The number of amides is 1. The zero-order chi connectivity index (χ0) is 23.3. The van der Waals surface area contributed by atoms with Gasteiger partial charge >= 0.3 is 5.97 Å². The Bertz CT molecular complexity index is 1190. The number of nitrogens with zero attached hydrogens (tertiary/aromatic N) is 3. The van der Waals surface area contributed by atoms with E-state index in [9.17, 15) is 14.4 Å². The van der Waals surface area contributed by atoms with Crippen molar-refractivity contribution in [2.45, 2.75) is 58.5 Å². The first-order valence-electron chi connectivity index (χ1n) is 10.3. The van der Waals surface area contributed by atoms with Crippen LogP contribution in [0.5, 0.6) is 0 Å². The summed E-state index contributed by atoms with van der Waals surface area (Å²) in [7, 11) is 0. The molecule has 0 N–H and O–H groups in total. The van der Waals surface area contributed by atoms with Gasteiger partial charge in [0.2, 0.25) is 0 Å². The van der Waals surface area contributed by atoms with Crippen LogP contribution >= 0.6 is 11.3 Å². The number of hydrogen-bond acceptors (Lipinski definition) is 8. The summed E-state index contributed by atoms with van der Waals surface area (Å²) in [5.74, 6) is -0.880. The molecule has 1 aliphatic rings. The smallest absolute Gasteiger partial charge is 0.339 e. The number of likely N-dealkylation sites (tertiary alicyclic amines) is 1. The lowest BCUT2D eigenvalue weighted by atomic mass is 9.79. The molecule has 0 bridgehead atoms. The number of ketones is 1. The van der Waals surface area contributed by atoms with Gasteiger partial charge in [-0.25, -0.2) is 9.78 Å². The fourth-order valence-corrected chi connectivity index (χ4v) is 5.44. The van der Waals surface area contributed by atoms with Gasteiger partial charge in [-0.3, -0.25) is 9.59 Å². The van der Waals surface area contributed by atoms with Crippen LogP contribution in [0.1, 0.15) is 56.6 Å². The highest BCUT2D eigenvalue weighted by molar-refractivity contribution is 7.13. The van der Waals surface area contributed by atoms with Crippen LogP contribution in [0.25, 0.3) is 21.7 Å². The largest absolute Gasteiger partial charge is 0.452 e. The van der Waals surface area contributed by atoms with Crippen molar-refractivity contribution in [3.63, 3.8) is 0 Å². The highest BCUT2D eigenvalue weighted by Crippen LogP contribution is 2.37. The monoisotopic (exact) mass is 455 g/mol. The number of piperidine rings is 1. The van der Waals surface area contributed by atoms with E-state index < -0.39 is 23.7 Å². The summed E-state index contributed by atoms with van der Waals surface area (Å²) in [4.78, 5) is 45.3. The molecule has 0 aliphatic carbocycles. The van der Waals surface area contributed by atoms with Crippen LogP contribution in [-0.2, 0) is 14.3 Å². The van der Waals surface area contributed by atoms with Crippen LogP contribution in [0.15, 0.2) is 28.1 Å². The van der Waals surface area contributed by atoms with Crippen molar-refractivity contribution in [3.05, 3.63) is 34.8 Å². The number of pyridine rings is 1. The molecular weight excluding hydrogens is 430 g/mol. The van der Waals surface area contributed by atoms with Crippen molar-refractivity contribution in [1.82, 2.24) is 15.0 Å². The summed E-state index contributed by atoms with van der Waals surface area (Å²) in [5, 5.41) is 6.30. The van der Waals surface area contributed by atoms with E-state index in [1.807, 2.05) is 45.2 Å². The third-order valence-corrected chi connectivity index (χ3v) is 6.55. The van der Waals surface area contributed by atoms with Crippen molar-refractivity contribution < 1.29 is 23.6 Å². The Balaban J connectivity index is 1.60. The van der Waals surface area contributed by atoms with Crippen LogP contribution in [0, 0.1) is 6.92 Å². The maximum atomic E-state index is 13.1. The van der Waals surface area contributed by atoms with E-state index in [4.69, 9.17) is 9.26 Å². The van der Waals surface area contributed by atoms with Gasteiger partial charge in [0.25, 0.3) is 11.6 Å². The van der Waals surface area contributed by atoms with Crippen LogP contribution in [-0.4, -0.2) is 50.4 Å². The van der Waals surface area contributed by atoms with E-state index in [2.05, 4.69) is 10.1 Å². The molecule has 3 aromatic heterocycles. The van der Waals surface area contributed by atoms with E-state index >= 15 is 0 Å². The maximum absolute atomic E-state index is 13.1. The second-order valence-electron chi connectivity index (χ2n) is 9.30. The number of aryl methyl sites for hydroxylation is 1. The molecule has 9 heteroatoms. The number of Topliss-reactive ketones (excluding diaryl/α,β-unsaturated/α-hetero) is 1. The number of ether oxygens (including phenoxy) is 1. The molecule has 0 unspecified atom stereocenters. The van der Waals surface area contributed by atoms with Crippen molar-refractivity contribution in [3.8, 4) is 10.6 Å². The Morgan fingerprint density at radius 1 is 1.22 bits per heavy atom. The molecule has 8 nitrogen and oxygen atoms in total. The fourth-order valence-electron chi connectivity index (χ4n) is 4.76. The number of rotatable bonds is 4. The van der Waals surface area contributed by atoms with Crippen LogP contribution in [0.3, 0.4) is 0 Å². The molecule has 168 valence electrons. The molecule has 4 heterocycles. The minimum atomic E-state index is -0.663. The summed E-state index contributed by atoms with van der Waals surface area (Å²) in [6, 6.07) is 5.42. The summed E-state index contributed by atoms with van der Waals surface area (Å²) in [6.07, 6.45) is 0.538. The minimum absolute atomic E-state index is 0.115. The van der Waals surface area contributed by atoms with E-state index in [0.29, 0.717) is 16.8 Å². The Kier molecular flexibility index (Phi) is 5.40. The first-order valence-corrected chi connectivity index (χ1v) is 11.2. The normalized spacial score (nSPS) is 17.5. The lowest BCUT2D eigenvalue weighted by molar-refractivity contribution is -0.156. The molecule has 0 radical (unpaired) electrons. The minimum Gasteiger partial charge on any atom is -0.452 e. The van der Waals surface area contributed by atoms with Gasteiger partial charge in [-0.05, 0) is 52.1 Å². The molecular formula is C23H25N3O5S.